The number of hydrogen-bond donors (Lipinski definition) is 1. The van der Waals surface area contributed by atoms with Crippen LogP contribution >= 0.6 is 0 Å². The van der Waals surface area contributed by atoms with Gasteiger partial charge in [0.1, 0.15) is 0 Å². The van der Waals surface area contributed by atoms with E-state index in [0.717, 1.165) is 12.8 Å². The van der Waals surface area contributed by atoms with Crippen molar-refractivity contribution in [2.24, 2.45) is 0 Å². The second kappa shape index (κ2) is 10.6. The third-order valence-corrected chi connectivity index (χ3v) is 3.28. The maximum Gasteiger partial charge on any atom is 0.304 e. The molecule has 0 aromatic rings. The lowest BCUT2D eigenvalue weighted by Crippen LogP contribution is -2.30. The average molecular weight is 243 g/mol. The van der Waals surface area contributed by atoms with E-state index < -0.39 is 5.97 Å². The van der Waals surface area contributed by atoms with Gasteiger partial charge < -0.3 is 10.0 Å². The highest BCUT2D eigenvalue weighted by molar-refractivity contribution is 5.67. The molecule has 0 aliphatic carbocycles. The molecule has 1 unspecified atom stereocenters. The predicted molar refractivity (Wildman–Crippen MR) is 72.3 cm³/mol. The maximum atomic E-state index is 10.7. The molecule has 3 heteroatoms. The van der Waals surface area contributed by atoms with Crippen LogP contribution in [-0.4, -0.2) is 36.1 Å². The van der Waals surface area contributed by atoms with E-state index in [0.29, 0.717) is 0 Å². The predicted octanol–water partition coefficient (Wildman–Crippen LogP) is 3.53. The van der Waals surface area contributed by atoms with E-state index in [9.17, 15) is 4.79 Å². The van der Waals surface area contributed by atoms with Crippen LogP contribution in [0.2, 0.25) is 0 Å². The summed E-state index contributed by atoms with van der Waals surface area (Å²) in [6.07, 6.45) is 10.3. The first-order valence-corrected chi connectivity index (χ1v) is 6.96. The summed E-state index contributed by atoms with van der Waals surface area (Å²) in [7, 11) is 3.93. The van der Waals surface area contributed by atoms with Crippen LogP contribution in [-0.2, 0) is 4.79 Å². The molecule has 0 rings (SSSR count). The van der Waals surface area contributed by atoms with Gasteiger partial charge in [0.05, 0.1) is 6.42 Å². The molecular weight excluding hydrogens is 214 g/mol. The van der Waals surface area contributed by atoms with Crippen LogP contribution in [0.4, 0.5) is 0 Å². The fourth-order valence-corrected chi connectivity index (χ4v) is 2.08. The highest BCUT2D eigenvalue weighted by Gasteiger charge is 2.14. The van der Waals surface area contributed by atoms with Crippen LogP contribution in [0.5, 0.6) is 0 Å². The highest BCUT2D eigenvalue weighted by Crippen LogP contribution is 2.13. The number of carboxylic acid groups (broad SMARTS) is 1. The summed E-state index contributed by atoms with van der Waals surface area (Å²) in [5.74, 6) is -0.688. The summed E-state index contributed by atoms with van der Waals surface area (Å²) in [6.45, 7) is 2.23. The third kappa shape index (κ3) is 10.3. The zero-order valence-electron chi connectivity index (χ0n) is 11.7. The minimum atomic E-state index is -0.688. The molecule has 0 bridgehead atoms. The number of unbranched alkanes of at least 4 members (excludes halogenated alkanes) is 6. The van der Waals surface area contributed by atoms with Crippen LogP contribution in [0, 0.1) is 0 Å². The van der Waals surface area contributed by atoms with Gasteiger partial charge in [0.15, 0.2) is 0 Å². The molecule has 3 nitrogen and oxygen atoms in total. The van der Waals surface area contributed by atoms with Gasteiger partial charge in [-0.15, -0.1) is 0 Å². The molecule has 0 aromatic carbocycles. The molecule has 102 valence electrons. The smallest absolute Gasteiger partial charge is 0.304 e. The van der Waals surface area contributed by atoms with E-state index >= 15 is 0 Å². The Hall–Kier alpha value is -0.570. The van der Waals surface area contributed by atoms with Crippen LogP contribution in [0.15, 0.2) is 0 Å². The monoisotopic (exact) mass is 243 g/mol. The van der Waals surface area contributed by atoms with Gasteiger partial charge >= 0.3 is 5.97 Å². The van der Waals surface area contributed by atoms with Crippen molar-refractivity contribution >= 4 is 5.97 Å². The Morgan fingerprint density at radius 1 is 1.06 bits per heavy atom. The summed E-state index contributed by atoms with van der Waals surface area (Å²) in [5.41, 5.74) is 0. The molecule has 0 aliphatic rings. The first kappa shape index (κ1) is 16.4. The SMILES string of the molecule is CCCCCCCCCC(CC(=O)O)N(C)C. The molecule has 0 saturated heterocycles. The minimum absolute atomic E-state index is 0.197. The van der Waals surface area contributed by atoms with Crippen LogP contribution in [0.25, 0.3) is 0 Å². The zero-order chi connectivity index (χ0) is 13.1. The lowest BCUT2D eigenvalue weighted by atomic mass is 10.0. The van der Waals surface area contributed by atoms with E-state index in [1.54, 1.807) is 0 Å². The van der Waals surface area contributed by atoms with Gasteiger partial charge in [0.2, 0.25) is 0 Å². The number of hydrogen-bond acceptors (Lipinski definition) is 2. The standard InChI is InChI=1S/C14H29NO2/c1-4-5-6-7-8-9-10-11-13(15(2)3)12-14(16)17/h13H,4-12H2,1-3H3,(H,16,17). The average Bonchev–Trinajstić information content (AvgIpc) is 2.25. The fraction of sp³-hybridized carbons (Fsp3) is 0.929. The molecule has 17 heavy (non-hydrogen) atoms. The van der Waals surface area contributed by atoms with E-state index in [4.69, 9.17) is 5.11 Å². The van der Waals surface area contributed by atoms with Crippen molar-refractivity contribution in [3.8, 4) is 0 Å². The first-order valence-electron chi connectivity index (χ1n) is 6.96. The fourth-order valence-electron chi connectivity index (χ4n) is 2.08. The molecule has 0 aromatic heterocycles. The number of nitrogens with zero attached hydrogens (tertiary/aromatic N) is 1. The Morgan fingerprint density at radius 3 is 2.06 bits per heavy atom. The Kier molecular flexibility index (Phi) is 10.2. The van der Waals surface area contributed by atoms with Gasteiger partial charge in [-0.05, 0) is 20.5 Å². The van der Waals surface area contributed by atoms with Crippen LogP contribution in [0.3, 0.4) is 0 Å². The molecule has 1 N–H and O–H groups in total. The molecular formula is C14H29NO2. The summed E-state index contributed by atoms with van der Waals surface area (Å²) in [4.78, 5) is 12.7. The lowest BCUT2D eigenvalue weighted by Gasteiger charge is -2.22. The molecule has 0 radical (unpaired) electrons. The summed E-state index contributed by atoms with van der Waals surface area (Å²) in [5, 5.41) is 8.81. The van der Waals surface area contributed by atoms with Crippen LogP contribution < -0.4 is 0 Å². The highest BCUT2D eigenvalue weighted by atomic mass is 16.4. The number of carbonyl (C=O) groups is 1. The quantitative estimate of drug-likeness (QED) is 0.564. The third-order valence-electron chi connectivity index (χ3n) is 3.28. The number of aliphatic carboxylic acids is 1. The van der Waals surface area contributed by atoms with E-state index in [1.165, 1.54) is 38.5 Å². The largest absolute Gasteiger partial charge is 0.481 e. The number of carboxylic acids is 1. The molecule has 0 saturated carbocycles. The van der Waals surface area contributed by atoms with Crippen molar-refractivity contribution in [3.05, 3.63) is 0 Å². The van der Waals surface area contributed by atoms with Crippen molar-refractivity contribution in [2.45, 2.75) is 70.8 Å². The second-order valence-corrected chi connectivity index (χ2v) is 5.13. The normalized spacial score (nSPS) is 12.9. The molecule has 0 heterocycles. The molecule has 1 atom stereocenters. The van der Waals surface area contributed by atoms with Crippen LogP contribution in [0.1, 0.15) is 64.7 Å². The van der Waals surface area contributed by atoms with Crippen molar-refractivity contribution in [3.63, 3.8) is 0 Å². The molecule has 0 spiro atoms. The maximum absolute atomic E-state index is 10.7. The van der Waals surface area contributed by atoms with Crippen molar-refractivity contribution in [1.29, 1.82) is 0 Å². The topological polar surface area (TPSA) is 40.5 Å². The first-order chi connectivity index (χ1) is 8.07. The van der Waals surface area contributed by atoms with E-state index in [2.05, 4.69) is 6.92 Å². The number of rotatable bonds is 11. The summed E-state index contributed by atoms with van der Waals surface area (Å²) >= 11 is 0. The van der Waals surface area contributed by atoms with Gasteiger partial charge in [-0.25, -0.2) is 0 Å². The van der Waals surface area contributed by atoms with Gasteiger partial charge in [-0.1, -0.05) is 51.9 Å². The molecule has 0 aliphatic heterocycles. The second-order valence-electron chi connectivity index (χ2n) is 5.13. The van der Waals surface area contributed by atoms with Crippen molar-refractivity contribution in [1.82, 2.24) is 4.90 Å². The Labute approximate surface area is 106 Å². The minimum Gasteiger partial charge on any atom is -0.481 e. The van der Waals surface area contributed by atoms with E-state index in [-0.39, 0.29) is 12.5 Å². The van der Waals surface area contributed by atoms with Crippen molar-refractivity contribution in [2.75, 3.05) is 14.1 Å². The zero-order valence-corrected chi connectivity index (χ0v) is 11.7. The van der Waals surface area contributed by atoms with Crippen molar-refractivity contribution < 1.29 is 9.90 Å². The summed E-state index contributed by atoms with van der Waals surface area (Å²) < 4.78 is 0. The van der Waals surface area contributed by atoms with Gasteiger partial charge in [0.25, 0.3) is 0 Å². The molecule has 0 fully saturated rings. The lowest BCUT2D eigenvalue weighted by molar-refractivity contribution is -0.138. The van der Waals surface area contributed by atoms with Gasteiger partial charge in [0, 0.05) is 6.04 Å². The molecule has 0 amide bonds. The Morgan fingerprint density at radius 2 is 1.59 bits per heavy atom. The summed E-state index contributed by atoms with van der Waals surface area (Å²) in [6, 6.07) is 0.197. The van der Waals surface area contributed by atoms with E-state index in [1.807, 2.05) is 19.0 Å². The Balaban J connectivity index is 3.51. The Bertz CT molecular complexity index is 193. The van der Waals surface area contributed by atoms with Gasteiger partial charge in [-0.2, -0.15) is 0 Å². The van der Waals surface area contributed by atoms with Gasteiger partial charge in [-0.3, -0.25) is 4.79 Å².